The van der Waals surface area contributed by atoms with Crippen LogP contribution in [0.2, 0.25) is 0 Å². The van der Waals surface area contributed by atoms with Gasteiger partial charge in [-0.15, -0.1) is 0 Å². The maximum absolute atomic E-state index is 11.7. The van der Waals surface area contributed by atoms with Crippen molar-refractivity contribution in [1.82, 2.24) is 5.32 Å². The predicted molar refractivity (Wildman–Crippen MR) is 55.9 cm³/mol. The number of rotatable bonds is 4. The summed E-state index contributed by atoms with van der Waals surface area (Å²) in [7, 11) is 0. The zero-order chi connectivity index (χ0) is 14.4. The lowest BCUT2D eigenvalue weighted by atomic mass is 10.2. The molecule has 0 fully saturated rings. The molecule has 0 aliphatic rings. The summed E-state index contributed by atoms with van der Waals surface area (Å²) in [6, 6.07) is 0. The normalized spacial score (nSPS) is 11.9. The van der Waals surface area contributed by atoms with Crippen molar-refractivity contribution in [3.63, 3.8) is 0 Å². The molecule has 0 unspecified atom stereocenters. The Balaban J connectivity index is 3.75. The molecule has 1 amide bonds. The topological polar surface area (TPSA) is 64.6 Å². The molecule has 0 aromatic rings. The molecule has 1 N–H and O–H groups in total. The van der Waals surface area contributed by atoms with Crippen LogP contribution in [0, 0.1) is 0 Å². The molecule has 0 saturated carbocycles. The van der Waals surface area contributed by atoms with Gasteiger partial charge in [0.25, 0.3) is 5.91 Å². The van der Waals surface area contributed by atoms with Crippen LogP contribution in [0.5, 0.6) is 0 Å². The van der Waals surface area contributed by atoms with Crippen LogP contribution in [-0.2, 0) is 14.3 Å². The number of nitrogens with one attached hydrogen (secondary N) is 1. The zero-order valence-electron chi connectivity index (χ0n) is 10.4. The van der Waals surface area contributed by atoms with Crippen LogP contribution in [0.1, 0.15) is 27.2 Å². The van der Waals surface area contributed by atoms with Crippen molar-refractivity contribution in [2.75, 3.05) is 13.2 Å². The fraction of sp³-hybridized carbons (Fsp3) is 0.800. The molecule has 0 aliphatic heterocycles. The minimum Gasteiger partial charge on any atom is -0.429 e. The average molecular weight is 271 g/mol. The summed E-state index contributed by atoms with van der Waals surface area (Å²) >= 11 is 0. The second-order valence-electron chi connectivity index (χ2n) is 4.47. The van der Waals surface area contributed by atoms with E-state index in [0.29, 0.717) is 0 Å². The predicted octanol–water partition coefficient (Wildman–Crippen LogP) is 2.01. The second kappa shape index (κ2) is 6.46. The molecule has 0 aromatic heterocycles. The van der Waals surface area contributed by atoms with Gasteiger partial charge < -0.3 is 14.8 Å². The quantitative estimate of drug-likeness (QED) is 0.794. The highest BCUT2D eigenvalue weighted by Gasteiger charge is 2.26. The number of alkyl halides is 3. The maximum atomic E-state index is 11.7. The Labute approximate surface area is 103 Å². The van der Waals surface area contributed by atoms with Crippen molar-refractivity contribution in [2.24, 2.45) is 0 Å². The van der Waals surface area contributed by atoms with Crippen molar-refractivity contribution >= 4 is 12.1 Å². The van der Waals surface area contributed by atoms with E-state index in [-0.39, 0.29) is 0 Å². The molecule has 0 aliphatic carbocycles. The standard InChI is InChI=1S/C10H16F3NO4/c1-9(2,3)18-8(16)17-6-7(15)14-5-4-10(11,12)13/h4-6H2,1-3H3,(H,14,15). The lowest BCUT2D eigenvalue weighted by molar-refractivity contribution is -0.136. The third-order valence-electron chi connectivity index (χ3n) is 1.44. The van der Waals surface area contributed by atoms with Crippen LogP contribution in [0.3, 0.4) is 0 Å². The van der Waals surface area contributed by atoms with Gasteiger partial charge in [0, 0.05) is 6.54 Å². The Morgan fingerprint density at radius 1 is 1.17 bits per heavy atom. The fourth-order valence-electron chi connectivity index (χ4n) is 0.799. The highest BCUT2D eigenvalue weighted by atomic mass is 19.4. The molecule has 0 atom stereocenters. The van der Waals surface area contributed by atoms with Crippen LogP contribution >= 0.6 is 0 Å². The van der Waals surface area contributed by atoms with Gasteiger partial charge in [-0.1, -0.05) is 0 Å². The van der Waals surface area contributed by atoms with E-state index in [9.17, 15) is 22.8 Å². The lowest BCUT2D eigenvalue weighted by Gasteiger charge is -2.18. The van der Waals surface area contributed by atoms with Gasteiger partial charge in [-0.3, -0.25) is 4.79 Å². The number of ether oxygens (including phenoxy) is 2. The van der Waals surface area contributed by atoms with E-state index in [1.54, 1.807) is 20.8 Å². The van der Waals surface area contributed by atoms with Crippen molar-refractivity contribution in [3.05, 3.63) is 0 Å². The first kappa shape index (κ1) is 16.5. The Morgan fingerprint density at radius 3 is 2.17 bits per heavy atom. The fourth-order valence-corrected chi connectivity index (χ4v) is 0.799. The number of carbonyl (C=O) groups is 2. The van der Waals surface area contributed by atoms with Crippen LogP contribution in [0.4, 0.5) is 18.0 Å². The highest BCUT2D eigenvalue weighted by Crippen LogP contribution is 2.18. The van der Waals surface area contributed by atoms with Crippen LogP contribution in [-0.4, -0.2) is 37.0 Å². The largest absolute Gasteiger partial charge is 0.509 e. The van der Waals surface area contributed by atoms with Gasteiger partial charge in [0.05, 0.1) is 6.42 Å². The molecular weight excluding hydrogens is 255 g/mol. The van der Waals surface area contributed by atoms with Gasteiger partial charge >= 0.3 is 12.3 Å². The Bertz CT molecular complexity index is 296. The Hall–Kier alpha value is -1.47. The van der Waals surface area contributed by atoms with Gasteiger partial charge in [-0.2, -0.15) is 13.2 Å². The molecule has 0 spiro atoms. The monoisotopic (exact) mass is 271 g/mol. The number of carbonyl (C=O) groups excluding carboxylic acids is 2. The SMILES string of the molecule is CC(C)(C)OC(=O)OCC(=O)NCCC(F)(F)F. The van der Waals surface area contributed by atoms with E-state index >= 15 is 0 Å². The molecule has 18 heavy (non-hydrogen) atoms. The third-order valence-corrected chi connectivity index (χ3v) is 1.44. The summed E-state index contributed by atoms with van der Waals surface area (Å²) in [5.41, 5.74) is -0.760. The smallest absolute Gasteiger partial charge is 0.429 e. The van der Waals surface area contributed by atoms with Crippen LogP contribution < -0.4 is 5.32 Å². The zero-order valence-corrected chi connectivity index (χ0v) is 10.4. The van der Waals surface area contributed by atoms with Crippen molar-refractivity contribution in [1.29, 1.82) is 0 Å². The first-order valence-corrected chi connectivity index (χ1v) is 5.19. The molecule has 0 heterocycles. The third kappa shape index (κ3) is 11.0. The molecule has 0 radical (unpaired) electrons. The minimum absolute atomic E-state index is 0.556. The summed E-state index contributed by atoms with van der Waals surface area (Å²) < 4.78 is 44.4. The van der Waals surface area contributed by atoms with Gasteiger partial charge in [0.2, 0.25) is 0 Å². The van der Waals surface area contributed by atoms with Crippen molar-refractivity contribution in [3.8, 4) is 0 Å². The molecule has 0 aromatic carbocycles. The van der Waals surface area contributed by atoms with Crippen LogP contribution in [0.25, 0.3) is 0 Å². The number of amides is 1. The first-order chi connectivity index (χ1) is 7.99. The van der Waals surface area contributed by atoms with E-state index < -0.39 is 43.4 Å². The van der Waals surface area contributed by atoms with E-state index in [1.165, 1.54) is 0 Å². The van der Waals surface area contributed by atoms with Gasteiger partial charge in [0.1, 0.15) is 5.60 Å². The van der Waals surface area contributed by atoms with E-state index in [2.05, 4.69) is 4.74 Å². The molecule has 5 nitrogen and oxygen atoms in total. The second-order valence-corrected chi connectivity index (χ2v) is 4.47. The van der Waals surface area contributed by atoms with Gasteiger partial charge in [-0.25, -0.2) is 4.79 Å². The van der Waals surface area contributed by atoms with Crippen molar-refractivity contribution < 1.29 is 32.2 Å². The van der Waals surface area contributed by atoms with Gasteiger partial charge in [-0.05, 0) is 20.8 Å². The van der Waals surface area contributed by atoms with E-state index in [4.69, 9.17) is 4.74 Å². The Morgan fingerprint density at radius 2 is 1.72 bits per heavy atom. The molecule has 8 heteroatoms. The molecular formula is C10H16F3NO4. The molecule has 0 saturated heterocycles. The molecule has 106 valence electrons. The maximum Gasteiger partial charge on any atom is 0.509 e. The first-order valence-electron chi connectivity index (χ1n) is 5.19. The van der Waals surface area contributed by atoms with E-state index in [1.807, 2.05) is 5.32 Å². The minimum atomic E-state index is -4.33. The molecule has 0 bridgehead atoms. The average Bonchev–Trinajstić information content (AvgIpc) is 2.09. The lowest BCUT2D eigenvalue weighted by Crippen LogP contribution is -2.33. The summed E-state index contributed by atoms with van der Waals surface area (Å²) in [6.45, 7) is 3.60. The number of halogens is 3. The summed E-state index contributed by atoms with van der Waals surface area (Å²) in [5.74, 6) is -0.815. The van der Waals surface area contributed by atoms with Crippen LogP contribution in [0.15, 0.2) is 0 Å². The van der Waals surface area contributed by atoms with Crippen molar-refractivity contribution in [2.45, 2.75) is 39.0 Å². The van der Waals surface area contributed by atoms with E-state index in [0.717, 1.165) is 0 Å². The summed E-state index contributed by atoms with van der Waals surface area (Å²) in [6.07, 6.45) is -6.52. The summed E-state index contributed by atoms with van der Waals surface area (Å²) in [4.78, 5) is 22.0. The molecule has 0 rings (SSSR count). The number of hydrogen-bond acceptors (Lipinski definition) is 4. The van der Waals surface area contributed by atoms with Gasteiger partial charge in [0.15, 0.2) is 6.61 Å². The number of hydrogen-bond donors (Lipinski definition) is 1. The highest BCUT2D eigenvalue weighted by molar-refractivity contribution is 5.79. The summed E-state index contributed by atoms with van der Waals surface area (Å²) in [5, 5.41) is 1.97. The Kier molecular flexibility index (Phi) is 5.93.